The number of phenols is 1. The van der Waals surface area contributed by atoms with Crippen molar-refractivity contribution in [2.75, 3.05) is 6.54 Å². The fraction of sp³-hybridized carbons (Fsp3) is 0.579. The molecule has 1 aromatic rings. The van der Waals surface area contributed by atoms with E-state index in [2.05, 4.69) is 5.32 Å². The van der Waals surface area contributed by atoms with Gasteiger partial charge in [0.25, 0.3) is 5.91 Å². The second-order valence-electron chi connectivity index (χ2n) is 7.31. The van der Waals surface area contributed by atoms with E-state index in [4.69, 9.17) is 0 Å². The fourth-order valence-electron chi connectivity index (χ4n) is 3.70. The zero-order valence-electron chi connectivity index (χ0n) is 14.6. The van der Waals surface area contributed by atoms with Gasteiger partial charge in [-0.25, -0.2) is 0 Å². The molecule has 1 fully saturated rings. The van der Waals surface area contributed by atoms with E-state index >= 15 is 0 Å². The van der Waals surface area contributed by atoms with Crippen LogP contribution in [0.2, 0.25) is 0 Å². The molecule has 0 heterocycles. The van der Waals surface area contributed by atoms with Crippen molar-refractivity contribution in [1.82, 2.24) is 5.32 Å². The van der Waals surface area contributed by atoms with Crippen LogP contribution in [0.1, 0.15) is 50.4 Å². The van der Waals surface area contributed by atoms with Gasteiger partial charge in [-0.05, 0) is 54.9 Å². The van der Waals surface area contributed by atoms with E-state index in [0.29, 0.717) is 12.0 Å². The molecular weight excluding hydrogens is 306 g/mol. The van der Waals surface area contributed by atoms with Gasteiger partial charge in [0.1, 0.15) is 11.4 Å². The van der Waals surface area contributed by atoms with E-state index < -0.39 is 11.5 Å². The minimum Gasteiger partial charge on any atom is -0.508 e. The van der Waals surface area contributed by atoms with Crippen molar-refractivity contribution >= 4 is 11.7 Å². The van der Waals surface area contributed by atoms with Crippen molar-refractivity contribution in [3.8, 4) is 5.75 Å². The number of hydrogen-bond donors (Lipinski definition) is 3. The predicted octanol–water partition coefficient (Wildman–Crippen LogP) is 2.51. The Hall–Kier alpha value is -1.88. The number of phenolic OH excluding ortho intramolecular Hbond substituents is 1. The summed E-state index contributed by atoms with van der Waals surface area (Å²) in [7, 11) is 0. The molecule has 3 N–H and O–H groups in total. The maximum absolute atomic E-state index is 12.6. The van der Waals surface area contributed by atoms with Crippen molar-refractivity contribution in [2.45, 2.75) is 45.6 Å². The van der Waals surface area contributed by atoms with E-state index in [1.807, 2.05) is 20.8 Å². The largest absolute Gasteiger partial charge is 0.508 e. The quantitative estimate of drug-likeness (QED) is 0.723. The molecule has 0 radical (unpaired) electrons. The second kappa shape index (κ2) is 7.34. The zero-order valence-corrected chi connectivity index (χ0v) is 14.6. The lowest BCUT2D eigenvalue weighted by Gasteiger charge is -2.43. The highest BCUT2D eigenvalue weighted by Gasteiger charge is 2.48. The van der Waals surface area contributed by atoms with Crippen molar-refractivity contribution in [2.24, 2.45) is 17.8 Å². The monoisotopic (exact) mass is 333 g/mol. The third kappa shape index (κ3) is 3.96. The van der Waals surface area contributed by atoms with Gasteiger partial charge in [0.05, 0.1) is 6.54 Å². The standard InChI is InChI=1S/C19H27NO4/c1-12(2)16-9-4-13(3)10-19(16,24)18(23)20-11-17(22)14-5-7-15(21)8-6-14/h5-8,12-13,16,21,24H,4,9-11H2,1-3H3,(H,20,23)/t13?,16?,19-/m1/s1. The first-order chi connectivity index (χ1) is 11.2. The smallest absolute Gasteiger partial charge is 0.252 e. The molecule has 1 aromatic carbocycles. The van der Waals surface area contributed by atoms with Crippen molar-refractivity contribution in [1.29, 1.82) is 0 Å². The summed E-state index contributed by atoms with van der Waals surface area (Å²) in [6, 6.07) is 5.89. The SMILES string of the molecule is CC1CCC(C(C)C)[C@@](O)(C(=O)NCC(=O)c2ccc(O)cc2)C1. The van der Waals surface area contributed by atoms with Crippen LogP contribution in [-0.2, 0) is 4.79 Å². The molecule has 0 aromatic heterocycles. The number of hydrogen-bond acceptors (Lipinski definition) is 4. The van der Waals surface area contributed by atoms with Gasteiger partial charge in [-0.15, -0.1) is 0 Å². The Labute approximate surface area is 143 Å². The van der Waals surface area contributed by atoms with E-state index in [-0.39, 0.29) is 35.8 Å². The highest BCUT2D eigenvalue weighted by atomic mass is 16.3. The Morgan fingerprint density at radius 1 is 1.25 bits per heavy atom. The molecule has 0 aliphatic heterocycles. The Bertz CT molecular complexity index is 596. The van der Waals surface area contributed by atoms with Crippen LogP contribution in [0.3, 0.4) is 0 Å². The van der Waals surface area contributed by atoms with Gasteiger partial charge in [-0.3, -0.25) is 9.59 Å². The van der Waals surface area contributed by atoms with E-state index in [0.717, 1.165) is 12.8 Å². The van der Waals surface area contributed by atoms with Crippen molar-refractivity contribution in [3.63, 3.8) is 0 Å². The summed E-state index contributed by atoms with van der Waals surface area (Å²) in [5.74, 6) is -0.250. The average Bonchev–Trinajstić information content (AvgIpc) is 2.52. The number of amides is 1. The minimum atomic E-state index is -1.42. The topological polar surface area (TPSA) is 86.6 Å². The first-order valence-corrected chi connectivity index (χ1v) is 8.57. The van der Waals surface area contributed by atoms with Crippen LogP contribution < -0.4 is 5.32 Å². The molecule has 2 rings (SSSR count). The zero-order chi connectivity index (χ0) is 17.9. The summed E-state index contributed by atoms with van der Waals surface area (Å²) >= 11 is 0. The summed E-state index contributed by atoms with van der Waals surface area (Å²) < 4.78 is 0. The van der Waals surface area contributed by atoms with Crippen molar-refractivity contribution in [3.05, 3.63) is 29.8 Å². The van der Waals surface area contributed by atoms with Gasteiger partial charge in [-0.2, -0.15) is 0 Å². The maximum Gasteiger partial charge on any atom is 0.252 e. The number of nitrogens with one attached hydrogen (secondary N) is 1. The van der Waals surface area contributed by atoms with Gasteiger partial charge in [0.15, 0.2) is 5.78 Å². The Morgan fingerprint density at radius 2 is 1.88 bits per heavy atom. The Balaban J connectivity index is 2.04. The molecule has 3 atom stereocenters. The number of Topliss-reactive ketones (excluding diaryl/α,β-unsaturated/α-hetero) is 1. The number of carbonyl (C=O) groups is 2. The first kappa shape index (κ1) is 18.5. The van der Waals surface area contributed by atoms with Gasteiger partial charge in [0.2, 0.25) is 0 Å². The third-order valence-corrected chi connectivity index (χ3v) is 5.04. The highest BCUT2D eigenvalue weighted by molar-refractivity contribution is 6.00. The molecule has 132 valence electrons. The molecule has 0 bridgehead atoms. The number of aliphatic hydroxyl groups is 1. The first-order valence-electron chi connectivity index (χ1n) is 8.57. The van der Waals surface area contributed by atoms with Crippen LogP contribution in [0.5, 0.6) is 5.75 Å². The van der Waals surface area contributed by atoms with Crippen LogP contribution in [0.25, 0.3) is 0 Å². The molecule has 1 aliphatic rings. The molecule has 5 heteroatoms. The third-order valence-electron chi connectivity index (χ3n) is 5.04. The van der Waals surface area contributed by atoms with Crippen LogP contribution in [-0.4, -0.2) is 34.0 Å². The summed E-state index contributed by atoms with van der Waals surface area (Å²) in [6.45, 7) is 5.91. The molecule has 1 amide bonds. The van der Waals surface area contributed by atoms with Crippen LogP contribution >= 0.6 is 0 Å². The Morgan fingerprint density at radius 3 is 2.46 bits per heavy atom. The van der Waals surface area contributed by atoms with E-state index in [1.165, 1.54) is 24.3 Å². The van der Waals surface area contributed by atoms with Crippen LogP contribution in [0.15, 0.2) is 24.3 Å². The summed E-state index contributed by atoms with van der Waals surface area (Å²) in [5.41, 5.74) is -1.00. The molecule has 2 unspecified atom stereocenters. The number of ketones is 1. The number of benzene rings is 1. The summed E-state index contributed by atoms with van der Waals surface area (Å²) in [6.07, 6.45) is 2.24. The lowest BCUT2D eigenvalue weighted by Crippen LogP contribution is -2.56. The van der Waals surface area contributed by atoms with Crippen LogP contribution in [0, 0.1) is 17.8 Å². The van der Waals surface area contributed by atoms with E-state index in [1.54, 1.807) is 0 Å². The molecule has 1 aliphatic carbocycles. The molecule has 24 heavy (non-hydrogen) atoms. The van der Waals surface area contributed by atoms with Gasteiger partial charge in [0, 0.05) is 5.56 Å². The average molecular weight is 333 g/mol. The molecular formula is C19H27NO4. The van der Waals surface area contributed by atoms with Gasteiger partial charge >= 0.3 is 0 Å². The number of carbonyl (C=O) groups excluding carboxylic acids is 2. The molecule has 1 saturated carbocycles. The molecule has 5 nitrogen and oxygen atoms in total. The summed E-state index contributed by atoms with van der Waals surface area (Å²) in [5, 5.41) is 22.9. The fourth-order valence-corrected chi connectivity index (χ4v) is 3.70. The minimum absolute atomic E-state index is 0.0841. The van der Waals surface area contributed by atoms with Crippen molar-refractivity contribution < 1.29 is 19.8 Å². The normalized spacial score (nSPS) is 27.0. The predicted molar refractivity (Wildman–Crippen MR) is 91.7 cm³/mol. The van der Waals surface area contributed by atoms with Gasteiger partial charge < -0.3 is 15.5 Å². The molecule has 0 spiro atoms. The lowest BCUT2D eigenvalue weighted by atomic mass is 9.66. The summed E-state index contributed by atoms with van der Waals surface area (Å²) in [4.78, 5) is 24.8. The van der Waals surface area contributed by atoms with Gasteiger partial charge in [-0.1, -0.05) is 27.2 Å². The maximum atomic E-state index is 12.6. The lowest BCUT2D eigenvalue weighted by molar-refractivity contribution is -0.155. The highest BCUT2D eigenvalue weighted by Crippen LogP contribution is 2.41. The number of aromatic hydroxyl groups is 1. The van der Waals surface area contributed by atoms with Crippen LogP contribution in [0.4, 0.5) is 0 Å². The van der Waals surface area contributed by atoms with E-state index in [9.17, 15) is 19.8 Å². The molecule has 0 saturated heterocycles. The Kier molecular flexibility index (Phi) is 5.65. The number of rotatable bonds is 5. The second-order valence-corrected chi connectivity index (χ2v) is 7.31.